The second-order valence-electron chi connectivity index (χ2n) is 14.4. The number of aromatic amines is 3. The molecule has 324 valence electrons. The Kier molecular flexibility index (Phi) is 10.5. The first kappa shape index (κ1) is 41.5. The van der Waals surface area contributed by atoms with Crippen molar-refractivity contribution < 1.29 is 53.7 Å². The number of nitrogens with zero attached hydrogens (tertiary/aromatic N) is 1. The number of benzene rings is 4. The Morgan fingerprint density at radius 2 is 0.844 bits per heavy atom. The molecular formula is C47H30F9N5O3. The zero-order valence-electron chi connectivity index (χ0n) is 33.4. The van der Waals surface area contributed by atoms with Crippen LogP contribution in [0.1, 0.15) is 17.0 Å². The molecule has 4 aromatic carbocycles. The Morgan fingerprint density at radius 1 is 0.438 bits per heavy atom. The van der Waals surface area contributed by atoms with Crippen LogP contribution >= 0.6 is 0 Å². The van der Waals surface area contributed by atoms with Gasteiger partial charge in [-0.3, -0.25) is 0 Å². The first-order valence-electron chi connectivity index (χ1n) is 19.2. The van der Waals surface area contributed by atoms with E-state index in [1.54, 1.807) is 30.3 Å². The molecule has 5 heterocycles. The average molecular weight is 884 g/mol. The highest BCUT2D eigenvalue weighted by Gasteiger charge is 2.31. The smallest absolute Gasteiger partial charge is 0.200 e. The minimum Gasteiger partial charge on any atom is -0.496 e. The van der Waals surface area contributed by atoms with Gasteiger partial charge in [0.1, 0.15) is 22.9 Å². The third kappa shape index (κ3) is 6.70. The van der Waals surface area contributed by atoms with Gasteiger partial charge in [-0.15, -0.1) is 0 Å². The summed E-state index contributed by atoms with van der Waals surface area (Å²) in [5.41, 5.74) is -3.61. The van der Waals surface area contributed by atoms with Crippen LogP contribution in [0, 0.1) is 52.4 Å². The van der Waals surface area contributed by atoms with Gasteiger partial charge in [-0.05, 0) is 54.1 Å². The quantitative estimate of drug-likeness (QED) is 0.0657. The third-order valence-electron chi connectivity index (χ3n) is 10.8. The van der Waals surface area contributed by atoms with E-state index in [0.717, 1.165) is 0 Å². The molecule has 8 bridgehead atoms. The third-order valence-corrected chi connectivity index (χ3v) is 10.8. The van der Waals surface area contributed by atoms with Gasteiger partial charge in [-0.1, -0.05) is 30.3 Å². The average Bonchev–Trinajstić information content (AvgIpc) is 4.16. The van der Waals surface area contributed by atoms with Crippen molar-refractivity contribution in [3.05, 3.63) is 148 Å². The van der Waals surface area contributed by atoms with Crippen LogP contribution in [0.4, 0.5) is 45.2 Å². The van der Waals surface area contributed by atoms with Gasteiger partial charge in [0.25, 0.3) is 0 Å². The molecule has 9 rings (SSSR count). The summed E-state index contributed by atoms with van der Waals surface area (Å²) in [5, 5.41) is 2.46. The van der Waals surface area contributed by atoms with Crippen molar-refractivity contribution in [2.24, 2.45) is 0 Å². The number of fused-ring (bicyclic) bond motifs is 9. The topological polar surface area (TPSA) is 100.0 Å². The second kappa shape index (κ2) is 16.1. The lowest BCUT2D eigenvalue weighted by atomic mass is 10.0. The molecule has 64 heavy (non-hydrogen) atoms. The Bertz CT molecular complexity index is 3280. The fourth-order valence-corrected chi connectivity index (χ4v) is 7.81. The predicted molar refractivity (Wildman–Crippen MR) is 225 cm³/mol. The lowest BCUT2D eigenvalue weighted by Gasteiger charge is -2.16. The zero-order chi connectivity index (χ0) is 45.1. The summed E-state index contributed by atoms with van der Waals surface area (Å²) in [6.07, 6.45) is 2.77. The van der Waals surface area contributed by atoms with E-state index < -0.39 is 80.3 Å². The van der Waals surface area contributed by atoms with Gasteiger partial charge in [-0.25, -0.2) is 44.5 Å². The van der Waals surface area contributed by atoms with E-state index >= 15 is 26.3 Å². The van der Waals surface area contributed by atoms with Crippen LogP contribution in [0.5, 0.6) is 17.2 Å². The Labute approximate surface area is 355 Å². The Hall–Kier alpha value is -7.82. The number of ether oxygens (including phenoxy) is 3. The maximum Gasteiger partial charge on any atom is 0.200 e. The van der Waals surface area contributed by atoms with Crippen LogP contribution in [0.15, 0.2) is 78.9 Å². The lowest BCUT2D eigenvalue weighted by Crippen LogP contribution is -2.09. The lowest BCUT2D eigenvalue weighted by molar-refractivity contribution is 0.377. The van der Waals surface area contributed by atoms with E-state index in [4.69, 9.17) is 19.2 Å². The molecule has 8 nitrogen and oxygen atoms in total. The summed E-state index contributed by atoms with van der Waals surface area (Å²) >= 11 is 0. The molecule has 0 radical (unpaired) electrons. The molecule has 17 heteroatoms. The molecule has 0 atom stereocenters. The molecule has 0 spiro atoms. The molecule has 4 aromatic heterocycles. The molecule has 0 unspecified atom stereocenters. The second-order valence-corrected chi connectivity index (χ2v) is 14.4. The van der Waals surface area contributed by atoms with E-state index in [1.807, 2.05) is 0 Å². The van der Waals surface area contributed by atoms with E-state index in [0.29, 0.717) is 5.56 Å². The van der Waals surface area contributed by atoms with Gasteiger partial charge in [0, 0.05) is 57.4 Å². The maximum atomic E-state index is 16.6. The van der Waals surface area contributed by atoms with Crippen molar-refractivity contribution >= 4 is 50.9 Å². The number of hydrogen-bond donors (Lipinski definition) is 4. The van der Waals surface area contributed by atoms with Crippen molar-refractivity contribution in [3.63, 3.8) is 0 Å². The van der Waals surface area contributed by atoms with Crippen molar-refractivity contribution in [1.29, 1.82) is 0 Å². The first-order chi connectivity index (χ1) is 30.8. The van der Waals surface area contributed by atoms with Crippen LogP contribution in [0.25, 0.3) is 78.6 Å². The standard InChI is InChI=1S/C47H30F9N5O3/c1-62-21-17-30(63-2)35(31(18-21)64-3)32-24-13-15-28(60-24)33(36-38(48)42(52)44(54)43(53)39(36)49)26-11-9-22(58-26)23-10-12-27(59-23)34(29-16-14-25(32)61-29)37-40(50)45(55)47(46(56)41(37)51)57-19-20-7-5-4-6-8-20/h4-18,57-60H,19H2,1-3H3. The normalized spacial score (nSPS) is 11.8. The molecule has 0 saturated carbocycles. The maximum absolute atomic E-state index is 16.6. The Morgan fingerprint density at radius 3 is 1.33 bits per heavy atom. The van der Waals surface area contributed by atoms with Crippen molar-refractivity contribution in [2.45, 2.75) is 6.54 Å². The summed E-state index contributed by atoms with van der Waals surface area (Å²) in [4.78, 5) is 13.7. The number of rotatable bonds is 9. The Balaban J connectivity index is 1.43. The van der Waals surface area contributed by atoms with Gasteiger partial charge in [0.2, 0.25) is 5.82 Å². The van der Waals surface area contributed by atoms with Crippen molar-refractivity contribution in [1.82, 2.24) is 19.9 Å². The number of halogens is 9. The van der Waals surface area contributed by atoms with Gasteiger partial charge >= 0.3 is 0 Å². The molecule has 4 N–H and O–H groups in total. The predicted octanol–water partition coefficient (Wildman–Crippen LogP) is 12.6. The van der Waals surface area contributed by atoms with Crippen LogP contribution in [-0.4, -0.2) is 41.3 Å². The monoisotopic (exact) mass is 883 g/mol. The summed E-state index contributed by atoms with van der Waals surface area (Å²) in [5.74, 6) is -17.3. The van der Waals surface area contributed by atoms with Crippen molar-refractivity contribution in [3.8, 4) is 50.6 Å². The SMILES string of the molecule is COc1cc(OC)c(-c2c3nc(c(-c4c(F)c(F)c(NCc5ccccc5)c(F)c4F)c4ccc([nH]4)c4ccc([nH]4)c(-c4c(F)c(F)c(F)c(F)c4F)c4ccc2[nH]4)C=C3)c(OC)c1. The largest absolute Gasteiger partial charge is 0.496 e. The van der Waals surface area contributed by atoms with Crippen LogP contribution in [0.3, 0.4) is 0 Å². The minimum atomic E-state index is -2.36. The molecule has 0 saturated heterocycles. The number of anilines is 1. The fraction of sp³-hybridized carbons (Fsp3) is 0.0851. The van der Waals surface area contributed by atoms with E-state index in [1.165, 1.54) is 82.0 Å². The number of hydrogen-bond acceptors (Lipinski definition) is 5. The van der Waals surface area contributed by atoms with E-state index in [9.17, 15) is 13.2 Å². The fourth-order valence-electron chi connectivity index (χ4n) is 7.81. The van der Waals surface area contributed by atoms with Gasteiger partial charge in [-0.2, -0.15) is 0 Å². The number of aromatic nitrogens is 4. The minimum absolute atomic E-state index is 0.0200. The highest BCUT2D eigenvalue weighted by atomic mass is 19.2. The van der Waals surface area contributed by atoms with Gasteiger partial charge < -0.3 is 34.5 Å². The van der Waals surface area contributed by atoms with Crippen molar-refractivity contribution in [2.75, 3.05) is 26.6 Å². The molecule has 8 aromatic rings. The van der Waals surface area contributed by atoms with Gasteiger partial charge in [0.05, 0.1) is 60.4 Å². The van der Waals surface area contributed by atoms with Gasteiger partial charge in [0.15, 0.2) is 46.5 Å². The van der Waals surface area contributed by atoms with Crippen LogP contribution < -0.4 is 19.5 Å². The number of nitrogens with one attached hydrogen (secondary N) is 4. The van der Waals surface area contributed by atoms with Crippen LogP contribution in [0.2, 0.25) is 0 Å². The van der Waals surface area contributed by atoms with Crippen LogP contribution in [-0.2, 0) is 6.54 Å². The number of H-pyrrole nitrogens is 3. The molecule has 0 fully saturated rings. The molecule has 1 aliphatic rings. The summed E-state index contributed by atoms with van der Waals surface area (Å²) in [7, 11) is 4.08. The zero-order valence-corrected chi connectivity index (χ0v) is 33.4. The van der Waals surface area contributed by atoms with E-state index in [2.05, 4.69) is 20.3 Å². The molecule has 0 aliphatic carbocycles. The molecular weight excluding hydrogens is 854 g/mol. The molecule has 0 amide bonds. The summed E-state index contributed by atoms with van der Waals surface area (Å²) in [6, 6.07) is 19.7. The van der Waals surface area contributed by atoms with E-state index in [-0.39, 0.29) is 79.4 Å². The highest BCUT2D eigenvalue weighted by Crippen LogP contribution is 2.47. The molecule has 1 aliphatic heterocycles. The highest BCUT2D eigenvalue weighted by molar-refractivity contribution is 6.01. The summed E-state index contributed by atoms with van der Waals surface area (Å²) < 4.78 is 158. The number of methoxy groups -OCH3 is 3. The first-order valence-corrected chi connectivity index (χ1v) is 19.2. The summed E-state index contributed by atoms with van der Waals surface area (Å²) in [6.45, 7) is -0.170.